The van der Waals surface area contributed by atoms with Gasteiger partial charge < -0.3 is 11.1 Å². The van der Waals surface area contributed by atoms with Crippen LogP contribution in [0.2, 0.25) is 0 Å². The molecule has 1 rings (SSSR count). The van der Waals surface area contributed by atoms with E-state index >= 15 is 0 Å². The lowest BCUT2D eigenvalue weighted by Gasteiger charge is -2.24. The Morgan fingerprint density at radius 2 is 1.95 bits per heavy atom. The van der Waals surface area contributed by atoms with Gasteiger partial charge in [-0.25, -0.2) is 0 Å². The molecule has 1 aromatic carbocycles. The molecule has 0 radical (unpaired) electrons. The Hall–Kier alpha value is -1.35. The van der Waals surface area contributed by atoms with Crippen molar-refractivity contribution in [3.05, 3.63) is 34.9 Å². The molecular formula is C16H26N2O. The van der Waals surface area contributed by atoms with Gasteiger partial charge in [0.1, 0.15) is 0 Å². The zero-order valence-corrected chi connectivity index (χ0v) is 12.7. The number of aryl methyl sites for hydroxylation is 2. The van der Waals surface area contributed by atoms with Gasteiger partial charge in [-0.2, -0.15) is 0 Å². The van der Waals surface area contributed by atoms with Gasteiger partial charge >= 0.3 is 0 Å². The second kappa shape index (κ2) is 6.20. The first kappa shape index (κ1) is 15.7. The van der Waals surface area contributed by atoms with Crippen LogP contribution < -0.4 is 11.1 Å². The molecule has 0 bridgehead atoms. The van der Waals surface area contributed by atoms with Crippen LogP contribution in [0.4, 0.5) is 0 Å². The van der Waals surface area contributed by atoms with E-state index in [1.807, 2.05) is 20.8 Å². The maximum atomic E-state index is 12.2. The third kappa shape index (κ3) is 5.03. The van der Waals surface area contributed by atoms with Gasteiger partial charge in [0.2, 0.25) is 5.91 Å². The third-order valence-corrected chi connectivity index (χ3v) is 3.12. The molecule has 0 fully saturated rings. The van der Waals surface area contributed by atoms with Crippen molar-refractivity contribution in [1.29, 1.82) is 0 Å². The molecule has 0 aliphatic carbocycles. The second-order valence-corrected chi connectivity index (χ2v) is 6.31. The van der Waals surface area contributed by atoms with E-state index in [1.54, 1.807) is 0 Å². The van der Waals surface area contributed by atoms with Crippen LogP contribution in [0.3, 0.4) is 0 Å². The molecule has 0 saturated heterocycles. The Balaban J connectivity index is 2.82. The average molecular weight is 262 g/mol. The largest absolute Gasteiger partial charge is 0.351 e. The van der Waals surface area contributed by atoms with Gasteiger partial charge in [0.25, 0.3) is 0 Å². The average Bonchev–Trinajstić information content (AvgIpc) is 2.27. The van der Waals surface area contributed by atoms with Gasteiger partial charge in [0.05, 0.1) is 5.92 Å². The zero-order valence-electron chi connectivity index (χ0n) is 12.7. The molecular weight excluding hydrogens is 236 g/mol. The van der Waals surface area contributed by atoms with Gasteiger partial charge in [-0.1, -0.05) is 23.8 Å². The fourth-order valence-electron chi connectivity index (χ4n) is 2.04. The number of carbonyl (C=O) groups excluding carboxylic acids is 1. The third-order valence-electron chi connectivity index (χ3n) is 3.12. The molecule has 0 spiro atoms. The minimum atomic E-state index is -0.216. The van der Waals surface area contributed by atoms with Crippen molar-refractivity contribution < 1.29 is 4.79 Å². The quantitative estimate of drug-likeness (QED) is 0.875. The topological polar surface area (TPSA) is 55.1 Å². The molecule has 0 aliphatic rings. The van der Waals surface area contributed by atoms with Crippen LogP contribution in [0.25, 0.3) is 0 Å². The van der Waals surface area contributed by atoms with E-state index in [-0.39, 0.29) is 17.4 Å². The zero-order chi connectivity index (χ0) is 14.6. The summed E-state index contributed by atoms with van der Waals surface area (Å²) in [5, 5.41) is 3.01. The van der Waals surface area contributed by atoms with Crippen molar-refractivity contribution in [3.63, 3.8) is 0 Å². The number of hydrogen-bond acceptors (Lipinski definition) is 2. The van der Waals surface area contributed by atoms with E-state index in [1.165, 1.54) is 16.7 Å². The molecule has 3 heteroatoms. The molecule has 0 heterocycles. The Morgan fingerprint density at radius 3 is 2.47 bits per heavy atom. The molecule has 3 nitrogen and oxygen atoms in total. The van der Waals surface area contributed by atoms with Crippen LogP contribution in [0.5, 0.6) is 0 Å². The number of carbonyl (C=O) groups is 1. The molecule has 3 N–H and O–H groups in total. The van der Waals surface area contributed by atoms with Crippen molar-refractivity contribution in [2.45, 2.75) is 46.6 Å². The van der Waals surface area contributed by atoms with E-state index in [2.05, 4.69) is 37.4 Å². The second-order valence-electron chi connectivity index (χ2n) is 6.31. The van der Waals surface area contributed by atoms with Crippen molar-refractivity contribution in [2.75, 3.05) is 6.54 Å². The molecule has 0 aliphatic heterocycles. The number of hydrogen-bond donors (Lipinski definition) is 2. The van der Waals surface area contributed by atoms with Gasteiger partial charge in [-0.15, -0.1) is 0 Å². The number of nitrogens with one attached hydrogen (secondary N) is 1. The Kier molecular flexibility index (Phi) is 5.12. The maximum Gasteiger partial charge on any atom is 0.225 e. The van der Waals surface area contributed by atoms with Crippen LogP contribution in [-0.4, -0.2) is 18.0 Å². The van der Waals surface area contributed by atoms with Crippen LogP contribution >= 0.6 is 0 Å². The van der Waals surface area contributed by atoms with E-state index < -0.39 is 0 Å². The Labute approximate surface area is 116 Å². The van der Waals surface area contributed by atoms with Crippen LogP contribution in [0.1, 0.15) is 37.5 Å². The number of amides is 1. The van der Waals surface area contributed by atoms with Crippen molar-refractivity contribution in [2.24, 2.45) is 11.7 Å². The highest BCUT2D eigenvalue weighted by atomic mass is 16.2. The SMILES string of the molecule is Cc1ccc(C)c(CC(CN)C(=O)NC(C)(C)C)c1. The van der Waals surface area contributed by atoms with Crippen molar-refractivity contribution in [1.82, 2.24) is 5.32 Å². The summed E-state index contributed by atoms with van der Waals surface area (Å²) in [6, 6.07) is 6.33. The molecule has 1 unspecified atom stereocenters. The van der Waals surface area contributed by atoms with Crippen molar-refractivity contribution >= 4 is 5.91 Å². The van der Waals surface area contributed by atoms with Gasteiger partial charge in [0.15, 0.2) is 0 Å². The summed E-state index contributed by atoms with van der Waals surface area (Å²) < 4.78 is 0. The predicted molar refractivity (Wildman–Crippen MR) is 80.1 cm³/mol. The Morgan fingerprint density at radius 1 is 1.32 bits per heavy atom. The fraction of sp³-hybridized carbons (Fsp3) is 0.562. The summed E-state index contributed by atoms with van der Waals surface area (Å²) >= 11 is 0. The summed E-state index contributed by atoms with van der Waals surface area (Å²) in [6.07, 6.45) is 0.700. The highest BCUT2D eigenvalue weighted by Crippen LogP contribution is 2.16. The smallest absolute Gasteiger partial charge is 0.225 e. The lowest BCUT2D eigenvalue weighted by Crippen LogP contribution is -2.46. The Bertz CT molecular complexity index is 447. The standard InChI is InChI=1S/C16H26N2O/c1-11-6-7-12(2)13(8-11)9-14(10-17)15(19)18-16(3,4)5/h6-8,14H,9-10,17H2,1-5H3,(H,18,19). The molecule has 19 heavy (non-hydrogen) atoms. The molecule has 1 atom stereocenters. The first-order valence-corrected chi connectivity index (χ1v) is 6.81. The molecule has 1 aromatic rings. The lowest BCUT2D eigenvalue weighted by molar-refractivity contribution is -0.126. The highest BCUT2D eigenvalue weighted by molar-refractivity contribution is 5.80. The van der Waals surface area contributed by atoms with E-state index in [0.717, 1.165) is 0 Å². The highest BCUT2D eigenvalue weighted by Gasteiger charge is 2.22. The molecule has 0 saturated carbocycles. The molecule has 106 valence electrons. The van der Waals surface area contributed by atoms with E-state index in [0.29, 0.717) is 13.0 Å². The summed E-state index contributed by atoms with van der Waals surface area (Å²) in [7, 11) is 0. The predicted octanol–water partition coefficient (Wildman–Crippen LogP) is 2.34. The van der Waals surface area contributed by atoms with Gasteiger partial charge in [-0.05, 0) is 52.2 Å². The summed E-state index contributed by atoms with van der Waals surface area (Å²) in [5.41, 5.74) is 9.19. The van der Waals surface area contributed by atoms with Gasteiger partial charge in [0, 0.05) is 12.1 Å². The number of nitrogens with two attached hydrogens (primary N) is 1. The first-order chi connectivity index (χ1) is 8.73. The minimum absolute atomic E-state index is 0.0379. The normalized spacial score (nSPS) is 13.2. The van der Waals surface area contributed by atoms with Crippen LogP contribution in [-0.2, 0) is 11.2 Å². The number of rotatable bonds is 4. The molecule has 1 amide bonds. The number of benzene rings is 1. The van der Waals surface area contributed by atoms with Crippen LogP contribution in [0, 0.1) is 19.8 Å². The first-order valence-electron chi connectivity index (χ1n) is 6.81. The summed E-state index contributed by atoms with van der Waals surface area (Å²) in [6.45, 7) is 10.5. The van der Waals surface area contributed by atoms with Gasteiger partial charge in [-0.3, -0.25) is 4.79 Å². The van der Waals surface area contributed by atoms with E-state index in [4.69, 9.17) is 5.73 Å². The summed E-state index contributed by atoms with van der Waals surface area (Å²) in [5.74, 6) is -0.129. The van der Waals surface area contributed by atoms with E-state index in [9.17, 15) is 4.79 Å². The molecule has 0 aromatic heterocycles. The minimum Gasteiger partial charge on any atom is -0.351 e. The lowest BCUT2D eigenvalue weighted by atomic mass is 9.93. The summed E-state index contributed by atoms with van der Waals surface area (Å²) in [4.78, 5) is 12.2. The monoisotopic (exact) mass is 262 g/mol. The van der Waals surface area contributed by atoms with Crippen molar-refractivity contribution in [3.8, 4) is 0 Å². The van der Waals surface area contributed by atoms with Crippen LogP contribution in [0.15, 0.2) is 18.2 Å². The fourth-order valence-corrected chi connectivity index (χ4v) is 2.04. The maximum absolute atomic E-state index is 12.2.